The molecule has 0 fully saturated rings. The van der Waals surface area contributed by atoms with Gasteiger partial charge in [-0.1, -0.05) is 23.2 Å². The predicted molar refractivity (Wildman–Crippen MR) is 79.2 cm³/mol. The number of rotatable bonds is 4. The van der Waals surface area contributed by atoms with Crippen molar-refractivity contribution in [2.24, 2.45) is 0 Å². The van der Waals surface area contributed by atoms with Crippen LogP contribution in [0, 0.1) is 0 Å². The Morgan fingerprint density at radius 1 is 1.25 bits per heavy atom. The smallest absolute Gasteiger partial charge is 0.262 e. The van der Waals surface area contributed by atoms with Gasteiger partial charge in [0.05, 0.1) is 22.6 Å². The van der Waals surface area contributed by atoms with Crippen molar-refractivity contribution in [2.45, 2.75) is 0 Å². The predicted octanol–water partition coefficient (Wildman–Crippen LogP) is 2.99. The quantitative estimate of drug-likeness (QED) is 0.851. The lowest BCUT2D eigenvalue weighted by Gasteiger charge is -2.09. The van der Waals surface area contributed by atoms with Crippen LogP contribution in [0.1, 0.15) is 0 Å². The molecule has 1 amide bonds. The van der Waals surface area contributed by atoms with Crippen LogP contribution in [0.2, 0.25) is 10.0 Å². The molecule has 0 bridgehead atoms. The van der Waals surface area contributed by atoms with Crippen molar-refractivity contribution in [3.8, 4) is 5.75 Å². The Morgan fingerprint density at radius 2 is 2.05 bits per heavy atom. The zero-order valence-corrected chi connectivity index (χ0v) is 11.8. The Hall–Kier alpha value is -1.98. The molecule has 0 atom stereocenters. The van der Waals surface area contributed by atoms with Gasteiger partial charge in [0, 0.05) is 17.3 Å². The number of nitrogens with two attached hydrogens (primary N) is 1. The molecule has 0 aliphatic rings. The fourth-order valence-electron chi connectivity index (χ4n) is 1.45. The number of carbonyl (C=O) groups is 1. The van der Waals surface area contributed by atoms with E-state index in [1.165, 1.54) is 12.4 Å². The summed E-state index contributed by atoms with van der Waals surface area (Å²) < 4.78 is 5.26. The summed E-state index contributed by atoms with van der Waals surface area (Å²) in [5.41, 5.74) is 6.59. The van der Waals surface area contributed by atoms with Crippen LogP contribution in [0.5, 0.6) is 5.75 Å². The molecule has 1 aromatic heterocycles. The minimum atomic E-state index is -0.348. The van der Waals surface area contributed by atoms with Crippen molar-refractivity contribution < 1.29 is 9.53 Å². The van der Waals surface area contributed by atoms with E-state index in [-0.39, 0.29) is 12.5 Å². The van der Waals surface area contributed by atoms with Gasteiger partial charge in [-0.3, -0.25) is 9.78 Å². The number of aromatic nitrogens is 1. The molecule has 0 saturated carbocycles. The topological polar surface area (TPSA) is 77.2 Å². The number of nitrogens with zero attached hydrogens (tertiary/aromatic N) is 1. The first kappa shape index (κ1) is 14.4. The molecule has 104 valence electrons. The molecule has 0 spiro atoms. The lowest BCUT2D eigenvalue weighted by atomic mass is 10.2. The van der Waals surface area contributed by atoms with Crippen molar-refractivity contribution in [1.82, 2.24) is 4.98 Å². The third-order valence-electron chi connectivity index (χ3n) is 2.34. The monoisotopic (exact) mass is 311 g/mol. The summed E-state index contributed by atoms with van der Waals surface area (Å²) >= 11 is 11.5. The Labute approximate surface area is 125 Å². The second-order valence-corrected chi connectivity index (χ2v) is 4.78. The Kier molecular flexibility index (Phi) is 4.65. The average Bonchev–Trinajstić information content (AvgIpc) is 2.40. The zero-order chi connectivity index (χ0) is 14.5. The Morgan fingerprint density at radius 3 is 2.75 bits per heavy atom. The number of pyridine rings is 1. The number of nitrogens with one attached hydrogen (secondary N) is 1. The average molecular weight is 312 g/mol. The standard InChI is InChI=1S/C13H11Cl2N3O2/c14-8-1-2-12(11(16)4-8)18-13(19)7-20-10-3-9(15)5-17-6-10/h1-6H,7,16H2,(H,18,19). The molecule has 2 rings (SSSR count). The second-order valence-electron chi connectivity index (χ2n) is 3.91. The Bertz CT molecular complexity index is 635. The highest BCUT2D eigenvalue weighted by atomic mass is 35.5. The minimum Gasteiger partial charge on any atom is -0.482 e. The normalized spacial score (nSPS) is 10.1. The van der Waals surface area contributed by atoms with Gasteiger partial charge in [0.25, 0.3) is 5.91 Å². The number of anilines is 2. The summed E-state index contributed by atoms with van der Waals surface area (Å²) in [5.74, 6) is 0.0655. The molecule has 0 saturated heterocycles. The third kappa shape index (κ3) is 4.01. The van der Waals surface area contributed by atoms with Crippen LogP contribution in [0.4, 0.5) is 11.4 Å². The summed E-state index contributed by atoms with van der Waals surface area (Å²) in [5, 5.41) is 3.56. The summed E-state index contributed by atoms with van der Waals surface area (Å²) in [6.45, 7) is -0.176. The van der Waals surface area contributed by atoms with Crippen LogP contribution in [0.25, 0.3) is 0 Å². The number of amides is 1. The van der Waals surface area contributed by atoms with Crippen molar-refractivity contribution >= 4 is 40.5 Å². The summed E-state index contributed by atoms with van der Waals surface area (Å²) in [6.07, 6.45) is 2.94. The van der Waals surface area contributed by atoms with Crippen LogP contribution < -0.4 is 15.8 Å². The first-order valence-electron chi connectivity index (χ1n) is 5.63. The van der Waals surface area contributed by atoms with E-state index >= 15 is 0 Å². The van der Waals surface area contributed by atoms with Gasteiger partial charge in [0.15, 0.2) is 6.61 Å². The SMILES string of the molecule is Nc1cc(Cl)ccc1NC(=O)COc1cncc(Cl)c1. The van der Waals surface area contributed by atoms with Crippen LogP contribution in [-0.2, 0) is 4.79 Å². The van der Waals surface area contributed by atoms with E-state index in [4.69, 9.17) is 33.7 Å². The van der Waals surface area contributed by atoms with E-state index < -0.39 is 0 Å². The molecule has 1 aromatic carbocycles. The van der Waals surface area contributed by atoms with Gasteiger partial charge in [0.1, 0.15) is 5.75 Å². The molecule has 3 N–H and O–H groups in total. The first-order valence-corrected chi connectivity index (χ1v) is 6.38. The largest absolute Gasteiger partial charge is 0.482 e. The number of carbonyl (C=O) groups excluding carboxylic acids is 1. The van der Waals surface area contributed by atoms with Crippen molar-refractivity contribution in [1.29, 1.82) is 0 Å². The number of hydrogen-bond acceptors (Lipinski definition) is 4. The molecule has 0 radical (unpaired) electrons. The number of nitrogen functional groups attached to an aromatic ring is 1. The number of halogens is 2. The molecule has 0 aliphatic carbocycles. The van der Waals surface area contributed by atoms with E-state index in [9.17, 15) is 4.79 Å². The van der Waals surface area contributed by atoms with Crippen LogP contribution >= 0.6 is 23.2 Å². The van der Waals surface area contributed by atoms with Gasteiger partial charge in [-0.15, -0.1) is 0 Å². The fourth-order valence-corrected chi connectivity index (χ4v) is 1.80. The minimum absolute atomic E-state index is 0.176. The molecular weight excluding hydrogens is 301 g/mol. The number of benzene rings is 1. The first-order chi connectivity index (χ1) is 9.54. The van der Waals surface area contributed by atoms with Gasteiger partial charge < -0.3 is 15.8 Å². The summed E-state index contributed by atoms with van der Waals surface area (Å²) in [6, 6.07) is 6.38. The van der Waals surface area contributed by atoms with Crippen molar-refractivity contribution in [3.05, 3.63) is 46.7 Å². The lowest BCUT2D eigenvalue weighted by molar-refractivity contribution is -0.118. The van der Waals surface area contributed by atoms with Gasteiger partial charge in [-0.05, 0) is 18.2 Å². The van der Waals surface area contributed by atoms with Gasteiger partial charge in [-0.2, -0.15) is 0 Å². The second kappa shape index (κ2) is 6.45. The van der Waals surface area contributed by atoms with Crippen LogP contribution in [0.15, 0.2) is 36.7 Å². The van der Waals surface area contributed by atoms with Crippen molar-refractivity contribution in [3.63, 3.8) is 0 Å². The lowest BCUT2D eigenvalue weighted by Crippen LogP contribution is -2.20. The molecule has 2 aromatic rings. The Balaban J connectivity index is 1.92. The summed E-state index contributed by atoms with van der Waals surface area (Å²) in [4.78, 5) is 15.6. The van der Waals surface area contributed by atoms with Gasteiger partial charge >= 0.3 is 0 Å². The van der Waals surface area contributed by atoms with E-state index in [0.717, 1.165) is 0 Å². The molecule has 20 heavy (non-hydrogen) atoms. The maximum Gasteiger partial charge on any atom is 0.262 e. The molecule has 0 aliphatic heterocycles. The zero-order valence-electron chi connectivity index (χ0n) is 10.3. The van der Waals surface area contributed by atoms with Crippen molar-refractivity contribution in [2.75, 3.05) is 17.7 Å². The number of ether oxygens (including phenoxy) is 1. The maximum absolute atomic E-state index is 11.7. The highest BCUT2D eigenvalue weighted by molar-refractivity contribution is 6.31. The highest BCUT2D eigenvalue weighted by Crippen LogP contribution is 2.22. The van der Waals surface area contributed by atoms with Crippen LogP contribution in [0.3, 0.4) is 0 Å². The molecule has 5 nitrogen and oxygen atoms in total. The fraction of sp³-hybridized carbons (Fsp3) is 0.0769. The highest BCUT2D eigenvalue weighted by Gasteiger charge is 2.07. The molecule has 1 heterocycles. The van der Waals surface area contributed by atoms with Gasteiger partial charge in [-0.25, -0.2) is 0 Å². The van der Waals surface area contributed by atoms with Crippen LogP contribution in [-0.4, -0.2) is 17.5 Å². The van der Waals surface area contributed by atoms with E-state index in [1.54, 1.807) is 24.3 Å². The van der Waals surface area contributed by atoms with E-state index in [2.05, 4.69) is 10.3 Å². The van der Waals surface area contributed by atoms with E-state index in [0.29, 0.717) is 27.2 Å². The number of hydrogen-bond donors (Lipinski definition) is 2. The van der Waals surface area contributed by atoms with Gasteiger partial charge in [0.2, 0.25) is 0 Å². The van der Waals surface area contributed by atoms with E-state index in [1.807, 2.05) is 0 Å². The summed E-state index contributed by atoms with van der Waals surface area (Å²) in [7, 11) is 0. The maximum atomic E-state index is 11.7. The molecule has 7 heteroatoms. The molecular formula is C13H11Cl2N3O2. The molecule has 0 unspecified atom stereocenters. The third-order valence-corrected chi connectivity index (χ3v) is 2.78.